The normalized spacial score (nSPS) is 20.2. The lowest BCUT2D eigenvalue weighted by atomic mass is 9.94. The zero-order valence-electron chi connectivity index (χ0n) is 37.7. The molecule has 4 aromatic rings. The van der Waals surface area contributed by atoms with Crippen LogP contribution in [0.1, 0.15) is 91.6 Å². The van der Waals surface area contributed by atoms with E-state index in [0.29, 0.717) is 5.56 Å². The molecule has 0 fully saturated rings. The van der Waals surface area contributed by atoms with Crippen LogP contribution in [0.15, 0.2) is 60.9 Å². The van der Waals surface area contributed by atoms with Crippen molar-refractivity contribution < 1.29 is 29.7 Å². The molecule has 0 aliphatic heterocycles. The monoisotopic (exact) mass is 509 g/mol. The molecule has 0 saturated heterocycles. The summed E-state index contributed by atoms with van der Waals surface area (Å²) in [7, 11) is 3.55. The molecule has 194 valence electrons. The lowest BCUT2D eigenvalue weighted by molar-refractivity contribution is -0.661. The molecule has 2 aromatic carbocycles. The number of rotatable bonds is 4. The third kappa shape index (κ3) is 6.55. The van der Waals surface area contributed by atoms with Crippen molar-refractivity contribution in [2.24, 2.45) is 14.1 Å². The Hall–Kier alpha value is -3.26. The van der Waals surface area contributed by atoms with Gasteiger partial charge in [-0.3, -0.25) is 0 Å². The van der Waals surface area contributed by atoms with E-state index in [2.05, 4.69) is 0 Å². The van der Waals surface area contributed by atoms with Crippen LogP contribution < -0.4 is 9.13 Å². The maximum absolute atomic E-state index is 8.24. The van der Waals surface area contributed by atoms with Gasteiger partial charge in [0, 0.05) is 53.9 Å². The fraction of sp³-hybridized carbons (Fsp3) is 0.371. The molecular formula is C35H46N2+2. The standard InChI is InChI=1S/C18H24N.C17H22N/c1-12(2)16-7-8-17(14(4)10-16)18-15(5)9-13(3)11-19(18)6;1-6-15-7-8-16(13(3)10-15)17-14(4)9-12(2)11-18(17)5/h7-12H,1-6H3;7-11H,6H2,1-5H3/q2*+1/i1D3,3D3,12D;1D3,2D3,6D2. The molecule has 0 bridgehead atoms. The van der Waals surface area contributed by atoms with Crippen molar-refractivity contribution in [3.05, 3.63) is 105 Å². The van der Waals surface area contributed by atoms with Crippen LogP contribution >= 0.6 is 0 Å². The fourth-order valence-corrected chi connectivity index (χ4v) is 4.76. The van der Waals surface area contributed by atoms with E-state index in [1.54, 1.807) is 85.0 Å². The van der Waals surface area contributed by atoms with Crippen molar-refractivity contribution in [2.45, 2.75) is 74.3 Å². The molecule has 2 heteroatoms. The number of aromatic nitrogens is 2. The lowest BCUT2D eigenvalue weighted by Crippen LogP contribution is -2.32. The molecule has 0 saturated carbocycles. The zero-order chi connectivity index (χ0) is 40.2. The summed E-state index contributed by atoms with van der Waals surface area (Å²) in [5, 5.41) is 0. The third-order valence-corrected chi connectivity index (χ3v) is 6.40. The van der Waals surface area contributed by atoms with Crippen LogP contribution in [-0.2, 0) is 20.5 Å². The van der Waals surface area contributed by atoms with Crippen molar-refractivity contribution in [3.63, 3.8) is 0 Å². The summed E-state index contributed by atoms with van der Waals surface area (Å²) in [6.45, 7) is -0.843. The molecule has 0 spiro atoms. The Morgan fingerprint density at radius 2 is 1.30 bits per heavy atom. The number of nitrogens with zero attached hydrogens (tertiary/aromatic N) is 2. The SMILES string of the molecule is [2H]C([2H])([2H])c1cc(C)c(-c2ccc(C([2H])(C)C([2H])([2H])[2H])cc2C)[n+](C)c1.[2H]C([2H])([2H])c1cc(C)c(-c2ccc(C([2H])([2H])C([2H])([2H])[2H])cc2C)[n+](C)c1. The minimum atomic E-state index is -2.76. The van der Waals surface area contributed by atoms with Crippen molar-refractivity contribution in [1.29, 1.82) is 0 Å². The molecule has 0 amide bonds. The van der Waals surface area contributed by atoms with Crippen molar-refractivity contribution in [1.82, 2.24) is 0 Å². The second-order valence-electron chi connectivity index (χ2n) is 9.55. The van der Waals surface area contributed by atoms with E-state index in [-0.39, 0.29) is 16.7 Å². The molecule has 2 nitrogen and oxygen atoms in total. The van der Waals surface area contributed by atoms with E-state index < -0.39 is 39.7 Å². The summed E-state index contributed by atoms with van der Waals surface area (Å²) < 4.78 is 118. The van der Waals surface area contributed by atoms with Gasteiger partial charge in [0.1, 0.15) is 14.1 Å². The predicted octanol–water partition coefficient (Wildman–Crippen LogP) is 7.89. The Balaban J connectivity index is 0.000000280. The van der Waals surface area contributed by atoms with Crippen LogP contribution in [0.4, 0.5) is 0 Å². The first-order valence-electron chi connectivity index (χ1n) is 19.6. The van der Waals surface area contributed by atoms with E-state index in [1.807, 2.05) is 20.8 Å². The summed E-state index contributed by atoms with van der Waals surface area (Å²) in [6.07, 6.45) is 0.711. The fourth-order valence-electron chi connectivity index (χ4n) is 4.76. The quantitative estimate of drug-likeness (QED) is 0.247. The highest BCUT2D eigenvalue weighted by Gasteiger charge is 2.18. The number of hydrogen-bond acceptors (Lipinski definition) is 0. The summed E-state index contributed by atoms with van der Waals surface area (Å²) in [5.41, 5.74) is 7.54. The van der Waals surface area contributed by atoms with Crippen LogP contribution in [0.2, 0.25) is 0 Å². The smallest absolute Gasteiger partial charge is 0.201 e. The first kappa shape index (κ1) is 14.0. The molecular weight excluding hydrogens is 448 g/mol. The first-order valence-corrected chi connectivity index (χ1v) is 12.1. The number of aryl methyl sites for hydroxylation is 9. The molecule has 0 N–H and O–H groups in total. The van der Waals surface area contributed by atoms with E-state index >= 15 is 0 Å². The van der Waals surface area contributed by atoms with E-state index in [1.165, 1.54) is 13.0 Å². The molecule has 0 aliphatic rings. The lowest BCUT2D eigenvalue weighted by Gasteiger charge is -2.11. The third-order valence-electron chi connectivity index (χ3n) is 6.40. The van der Waals surface area contributed by atoms with Gasteiger partial charge in [-0.2, -0.15) is 0 Å². The summed E-state index contributed by atoms with van der Waals surface area (Å²) >= 11 is 0. The highest BCUT2D eigenvalue weighted by atomic mass is 14.9. The van der Waals surface area contributed by atoms with Gasteiger partial charge in [-0.25, -0.2) is 9.13 Å². The van der Waals surface area contributed by atoms with E-state index in [9.17, 15) is 0 Å². The number of pyridine rings is 2. The van der Waals surface area contributed by atoms with Crippen LogP contribution in [0.5, 0.6) is 0 Å². The minimum absolute atomic E-state index is 0.0955. The van der Waals surface area contributed by atoms with Crippen LogP contribution in [-0.4, -0.2) is 0 Å². The molecule has 0 radical (unpaired) electrons. The van der Waals surface area contributed by atoms with Gasteiger partial charge in [0.15, 0.2) is 12.4 Å². The largest absolute Gasteiger partial charge is 0.215 e. The van der Waals surface area contributed by atoms with Gasteiger partial charge in [0.25, 0.3) is 0 Å². The average molecular weight is 510 g/mol. The minimum Gasteiger partial charge on any atom is -0.201 e. The first-order chi connectivity index (χ1) is 23.3. The summed E-state index contributed by atoms with van der Waals surface area (Å²) in [5.74, 6) is -1.70. The molecule has 4 rings (SSSR count). The molecule has 37 heavy (non-hydrogen) atoms. The van der Waals surface area contributed by atoms with Crippen LogP contribution in [0.3, 0.4) is 0 Å². The Bertz CT molecular complexity index is 1760. The van der Waals surface area contributed by atoms with E-state index in [4.69, 9.17) is 20.6 Å². The topological polar surface area (TPSA) is 7.76 Å². The van der Waals surface area contributed by atoms with Crippen molar-refractivity contribution in [3.8, 4) is 22.5 Å². The van der Waals surface area contributed by atoms with Gasteiger partial charge in [-0.15, -0.1) is 0 Å². The summed E-state index contributed by atoms with van der Waals surface area (Å²) in [4.78, 5) is 0. The number of hydrogen-bond donors (Lipinski definition) is 0. The van der Waals surface area contributed by atoms with Gasteiger partial charge in [-0.05, 0) is 100 Å². The van der Waals surface area contributed by atoms with Crippen molar-refractivity contribution >= 4 is 0 Å². The van der Waals surface area contributed by atoms with Gasteiger partial charge in [0.2, 0.25) is 11.4 Å². The maximum atomic E-state index is 8.24. The van der Waals surface area contributed by atoms with Crippen LogP contribution in [0, 0.1) is 41.4 Å². The second kappa shape index (κ2) is 11.9. The second-order valence-corrected chi connectivity index (χ2v) is 9.55. The molecule has 1 unspecified atom stereocenters. The van der Waals surface area contributed by atoms with Crippen LogP contribution in [0.25, 0.3) is 22.5 Å². The van der Waals surface area contributed by atoms with Gasteiger partial charge < -0.3 is 0 Å². The number of benzene rings is 2. The van der Waals surface area contributed by atoms with Crippen molar-refractivity contribution in [2.75, 3.05) is 0 Å². The highest BCUT2D eigenvalue weighted by Crippen LogP contribution is 2.27. The Morgan fingerprint density at radius 1 is 0.757 bits per heavy atom. The Kier molecular flexibility index (Phi) is 4.50. The molecule has 1 atom stereocenters. The van der Waals surface area contributed by atoms with E-state index in [0.717, 1.165) is 44.8 Å². The van der Waals surface area contributed by atoms with Gasteiger partial charge >= 0.3 is 0 Å². The highest BCUT2D eigenvalue weighted by molar-refractivity contribution is 5.65. The maximum Gasteiger partial charge on any atom is 0.215 e. The molecule has 2 aromatic heterocycles. The average Bonchev–Trinajstić information content (AvgIpc) is 2.96. The van der Waals surface area contributed by atoms with Gasteiger partial charge in [0.05, 0.1) is 0 Å². The Morgan fingerprint density at radius 3 is 1.73 bits per heavy atom. The molecule has 0 aliphatic carbocycles. The summed E-state index contributed by atoms with van der Waals surface area (Å²) in [6, 6.07) is 13.2. The zero-order valence-corrected chi connectivity index (χ0v) is 22.7. The molecule has 2 heterocycles. The van der Waals surface area contributed by atoms with Gasteiger partial charge in [-0.1, -0.05) is 44.9 Å². The predicted molar refractivity (Wildman–Crippen MR) is 158 cm³/mol. The Labute approximate surface area is 246 Å².